The summed E-state index contributed by atoms with van der Waals surface area (Å²) in [4.78, 5) is 18.5. The van der Waals surface area contributed by atoms with Crippen LogP contribution in [0.2, 0.25) is 0 Å². The van der Waals surface area contributed by atoms with Gasteiger partial charge in [0.25, 0.3) is 0 Å². The minimum absolute atomic E-state index is 0.169. The van der Waals surface area contributed by atoms with Crippen LogP contribution in [0, 0.1) is 3.57 Å². The van der Waals surface area contributed by atoms with Crippen LogP contribution in [0.5, 0.6) is 5.75 Å². The van der Waals surface area contributed by atoms with Crippen molar-refractivity contribution in [3.05, 3.63) is 129 Å². The smallest absolute Gasteiger partial charge is 0.428 e. The zero-order valence-electron chi connectivity index (χ0n) is 24.1. The first-order valence-corrected chi connectivity index (χ1v) is 15.6. The quantitative estimate of drug-likeness (QED) is 0.115. The Labute approximate surface area is 272 Å². The van der Waals surface area contributed by atoms with E-state index in [1.54, 1.807) is 18.3 Å². The van der Waals surface area contributed by atoms with Crippen LogP contribution in [0.1, 0.15) is 41.6 Å². The molecule has 0 radical (unpaired) electrons. The van der Waals surface area contributed by atoms with Gasteiger partial charge in [0.05, 0.1) is 24.4 Å². The molecule has 1 heterocycles. The first kappa shape index (κ1) is 32.7. The minimum atomic E-state index is -4.70. The molecule has 4 aromatic rings. The van der Waals surface area contributed by atoms with Crippen molar-refractivity contribution >= 4 is 28.6 Å². The highest BCUT2D eigenvalue weighted by atomic mass is 127. The van der Waals surface area contributed by atoms with Gasteiger partial charge in [-0.2, -0.15) is 17.6 Å². The van der Waals surface area contributed by atoms with E-state index in [2.05, 4.69) is 42.9 Å². The van der Waals surface area contributed by atoms with E-state index in [0.29, 0.717) is 24.3 Å². The fraction of sp³-hybridized carbons (Fsp3) is 0.294. The van der Waals surface area contributed by atoms with Crippen LogP contribution >= 0.6 is 22.6 Å². The van der Waals surface area contributed by atoms with Crippen molar-refractivity contribution in [1.82, 2.24) is 15.6 Å². The Morgan fingerprint density at radius 3 is 2.31 bits per heavy atom. The predicted octanol–water partition coefficient (Wildman–Crippen LogP) is 7.85. The van der Waals surface area contributed by atoms with Crippen molar-refractivity contribution in [2.75, 3.05) is 0 Å². The summed E-state index contributed by atoms with van der Waals surface area (Å²) in [5, 5.41) is 6.17. The van der Waals surface area contributed by atoms with Gasteiger partial charge in [0.1, 0.15) is 11.3 Å². The summed E-state index contributed by atoms with van der Waals surface area (Å²) in [6.07, 6.45) is -4.77. The monoisotopic (exact) mass is 733 g/mol. The molecule has 0 bridgehead atoms. The van der Waals surface area contributed by atoms with E-state index in [0.717, 1.165) is 27.5 Å². The molecule has 0 unspecified atom stereocenters. The third-order valence-electron chi connectivity index (χ3n) is 7.71. The Kier molecular flexibility index (Phi) is 10.6. The molecule has 0 spiro atoms. The summed E-state index contributed by atoms with van der Waals surface area (Å²) in [5.74, 6) is -0.479. The molecule has 2 N–H and O–H groups in total. The number of rotatable bonds is 12. The van der Waals surface area contributed by atoms with E-state index >= 15 is 0 Å². The zero-order chi connectivity index (χ0) is 31.9. The standard InChI is InChI=1S/C34H32F4IN3O3/c35-31(36)34(37,38)45-27-14-7-13-25(19-27)33(20-23-9-3-1-4-10-23,30-18-17-26(39)21-40-30)42-32(43)41-28-15-8-16-29(28)44-22-24-11-5-2-6-12-24/h1-7,9-14,17-19,21,28-29,31H,8,15-16,20,22H2,(H2,41,42,43)/t28-,29-,33+/m1/s1. The number of urea groups is 1. The fourth-order valence-electron chi connectivity index (χ4n) is 5.54. The molecule has 1 aliphatic rings. The van der Waals surface area contributed by atoms with Crippen LogP contribution in [0.4, 0.5) is 22.4 Å². The largest absolute Gasteiger partial charge is 0.461 e. The summed E-state index contributed by atoms with van der Waals surface area (Å²) in [7, 11) is 0. The van der Waals surface area contributed by atoms with Crippen molar-refractivity contribution < 1.29 is 31.8 Å². The van der Waals surface area contributed by atoms with Gasteiger partial charge in [-0.15, -0.1) is 0 Å². The number of halogens is 5. The lowest BCUT2D eigenvalue weighted by molar-refractivity contribution is -0.253. The van der Waals surface area contributed by atoms with E-state index in [1.165, 1.54) is 18.2 Å². The van der Waals surface area contributed by atoms with Crippen LogP contribution in [0.25, 0.3) is 0 Å². The van der Waals surface area contributed by atoms with Crippen LogP contribution < -0.4 is 15.4 Å². The van der Waals surface area contributed by atoms with Gasteiger partial charge in [-0.25, -0.2) is 4.79 Å². The van der Waals surface area contributed by atoms with Gasteiger partial charge in [0.2, 0.25) is 0 Å². The Balaban J connectivity index is 1.48. The number of amides is 2. The second-order valence-electron chi connectivity index (χ2n) is 10.9. The summed E-state index contributed by atoms with van der Waals surface area (Å²) in [6, 6.07) is 27.3. The number of pyridine rings is 1. The van der Waals surface area contributed by atoms with E-state index in [-0.39, 0.29) is 18.6 Å². The van der Waals surface area contributed by atoms with Crippen molar-refractivity contribution in [3.63, 3.8) is 0 Å². The molecule has 0 aliphatic heterocycles. The van der Waals surface area contributed by atoms with Gasteiger partial charge in [0, 0.05) is 16.2 Å². The average molecular weight is 734 g/mol. The maximum atomic E-state index is 13.9. The van der Waals surface area contributed by atoms with E-state index in [9.17, 15) is 22.4 Å². The highest BCUT2D eigenvalue weighted by Gasteiger charge is 2.45. The number of carbonyl (C=O) groups excluding carboxylic acids is 1. The van der Waals surface area contributed by atoms with Gasteiger partial charge < -0.3 is 20.1 Å². The Morgan fingerprint density at radius 2 is 1.64 bits per heavy atom. The summed E-state index contributed by atoms with van der Waals surface area (Å²) < 4.78 is 65.4. The summed E-state index contributed by atoms with van der Waals surface area (Å²) in [6.45, 7) is 0.409. The topological polar surface area (TPSA) is 72.5 Å². The molecule has 6 nitrogen and oxygen atoms in total. The Morgan fingerprint density at radius 1 is 0.933 bits per heavy atom. The van der Waals surface area contributed by atoms with Crippen molar-refractivity contribution in [1.29, 1.82) is 0 Å². The minimum Gasteiger partial charge on any atom is -0.428 e. The number of hydrogen-bond donors (Lipinski definition) is 2. The number of nitrogens with one attached hydrogen (secondary N) is 2. The van der Waals surface area contributed by atoms with Gasteiger partial charge in [-0.1, -0.05) is 72.8 Å². The maximum absolute atomic E-state index is 13.9. The highest BCUT2D eigenvalue weighted by molar-refractivity contribution is 14.1. The Hall–Kier alpha value is -3.71. The van der Waals surface area contributed by atoms with Crippen LogP contribution in [-0.4, -0.2) is 35.7 Å². The number of aromatic nitrogens is 1. The lowest BCUT2D eigenvalue weighted by Gasteiger charge is -2.36. The molecular weight excluding hydrogens is 701 g/mol. The zero-order valence-corrected chi connectivity index (χ0v) is 26.3. The van der Waals surface area contributed by atoms with Crippen molar-refractivity contribution in [3.8, 4) is 5.75 Å². The molecule has 1 aromatic heterocycles. The van der Waals surface area contributed by atoms with Gasteiger partial charge in [0.15, 0.2) is 0 Å². The predicted molar refractivity (Wildman–Crippen MR) is 170 cm³/mol. The van der Waals surface area contributed by atoms with Gasteiger partial charge >= 0.3 is 18.6 Å². The molecule has 3 atom stereocenters. The Bertz CT molecular complexity index is 1550. The van der Waals surface area contributed by atoms with Crippen LogP contribution in [0.3, 0.4) is 0 Å². The highest BCUT2D eigenvalue weighted by Crippen LogP contribution is 2.36. The van der Waals surface area contributed by atoms with Crippen LogP contribution in [-0.2, 0) is 23.3 Å². The number of benzene rings is 3. The third kappa shape index (κ3) is 8.31. The first-order chi connectivity index (χ1) is 21.6. The second-order valence-corrected chi connectivity index (χ2v) is 12.1. The van der Waals surface area contributed by atoms with E-state index in [4.69, 9.17) is 4.74 Å². The number of alkyl halides is 4. The molecular formula is C34H32F4IN3O3. The first-order valence-electron chi connectivity index (χ1n) is 14.5. The molecule has 3 aromatic carbocycles. The normalized spacial score (nSPS) is 17.9. The van der Waals surface area contributed by atoms with Crippen molar-refractivity contribution in [2.24, 2.45) is 0 Å². The molecule has 1 fully saturated rings. The van der Waals surface area contributed by atoms with Gasteiger partial charge in [-0.05, 0) is 82.8 Å². The lowest BCUT2D eigenvalue weighted by atomic mass is 9.80. The number of hydrogen-bond acceptors (Lipinski definition) is 4. The molecule has 0 saturated heterocycles. The molecule has 45 heavy (non-hydrogen) atoms. The van der Waals surface area contributed by atoms with Crippen LogP contribution in [0.15, 0.2) is 103 Å². The van der Waals surface area contributed by atoms with Gasteiger partial charge in [-0.3, -0.25) is 4.98 Å². The average Bonchev–Trinajstić information content (AvgIpc) is 3.47. The van der Waals surface area contributed by atoms with Crippen molar-refractivity contribution in [2.45, 2.75) is 62.5 Å². The summed E-state index contributed by atoms with van der Waals surface area (Å²) >= 11 is 2.11. The molecule has 2 amide bonds. The molecule has 5 rings (SSSR count). The number of carbonyl (C=O) groups is 1. The maximum Gasteiger partial charge on any atom is 0.461 e. The molecule has 1 saturated carbocycles. The molecule has 11 heteroatoms. The lowest BCUT2D eigenvalue weighted by Crippen LogP contribution is -2.55. The van der Waals surface area contributed by atoms with E-state index in [1.807, 2.05) is 66.7 Å². The van der Waals surface area contributed by atoms with E-state index < -0.39 is 29.9 Å². The summed E-state index contributed by atoms with van der Waals surface area (Å²) in [5.41, 5.74) is 1.17. The molecule has 236 valence electrons. The second kappa shape index (κ2) is 14.6. The number of nitrogens with zero attached hydrogens (tertiary/aromatic N) is 1. The molecule has 1 aliphatic carbocycles. The SMILES string of the molecule is O=C(N[C@@H]1CCC[C@H]1OCc1ccccc1)N[C@@](Cc1ccccc1)(c1cccc(OC(F)(F)C(F)F)c1)c1ccc(I)cn1. The third-order valence-corrected chi connectivity index (χ3v) is 8.35. The fourth-order valence-corrected chi connectivity index (χ4v) is 5.86. The number of ether oxygens (including phenoxy) is 2.